The number of hydrogen-bond acceptors (Lipinski definition) is 2. The molecule has 0 unspecified atom stereocenters. The number of nitrogens with one attached hydrogen (secondary N) is 1. The van der Waals surface area contributed by atoms with Crippen molar-refractivity contribution in [2.45, 2.75) is 19.3 Å². The predicted octanol–water partition coefficient (Wildman–Crippen LogP) is 0.464. The van der Waals surface area contributed by atoms with Gasteiger partial charge in [-0.1, -0.05) is 0 Å². The second kappa shape index (κ2) is 7.10. The minimum Gasteiger partial charge on any atom is -0.481 e. The summed E-state index contributed by atoms with van der Waals surface area (Å²) in [6.45, 7) is 1.33. The highest BCUT2D eigenvalue weighted by Gasteiger charge is 1.93. The summed E-state index contributed by atoms with van der Waals surface area (Å²) >= 11 is 0. The summed E-state index contributed by atoms with van der Waals surface area (Å²) in [6.07, 6.45) is 6.86. The van der Waals surface area contributed by atoms with Crippen LogP contribution in [0.1, 0.15) is 19.3 Å². The van der Waals surface area contributed by atoms with Crippen LogP contribution < -0.4 is 5.32 Å². The fourth-order valence-corrected chi connectivity index (χ4v) is 0.636. The molecule has 0 saturated heterocycles. The van der Waals surface area contributed by atoms with Crippen LogP contribution in [0.25, 0.3) is 0 Å². The molecule has 0 aromatic rings. The Kier molecular flexibility index (Phi) is 6.45. The van der Waals surface area contributed by atoms with Gasteiger partial charge in [0.25, 0.3) is 0 Å². The molecule has 0 aliphatic rings. The molecule has 0 amide bonds. The Balaban J connectivity index is 2.92. The van der Waals surface area contributed by atoms with Crippen LogP contribution in [-0.4, -0.2) is 24.2 Å². The Bertz CT molecular complexity index is 149. The highest BCUT2D eigenvalue weighted by Crippen LogP contribution is 1.83. The second-order valence-electron chi connectivity index (χ2n) is 2.20. The molecule has 0 fully saturated rings. The second-order valence-corrected chi connectivity index (χ2v) is 2.20. The topological polar surface area (TPSA) is 49.3 Å². The third-order valence-electron chi connectivity index (χ3n) is 1.19. The molecule has 0 aromatic carbocycles. The molecule has 11 heavy (non-hydrogen) atoms. The molecule has 0 spiro atoms. The zero-order chi connectivity index (χ0) is 8.53. The Morgan fingerprint density at radius 2 is 2.27 bits per heavy atom. The lowest BCUT2D eigenvalue weighted by molar-refractivity contribution is -0.136. The van der Waals surface area contributed by atoms with Crippen molar-refractivity contribution in [2.24, 2.45) is 0 Å². The molecular formula is C8H13NO2. The first kappa shape index (κ1) is 9.99. The average molecular weight is 155 g/mol. The van der Waals surface area contributed by atoms with E-state index >= 15 is 0 Å². The Morgan fingerprint density at radius 1 is 1.55 bits per heavy atom. The summed E-state index contributed by atoms with van der Waals surface area (Å²) in [5.74, 6) is 1.74. The third-order valence-corrected chi connectivity index (χ3v) is 1.19. The van der Waals surface area contributed by atoms with Gasteiger partial charge in [0.1, 0.15) is 0 Å². The van der Waals surface area contributed by atoms with E-state index in [-0.39, 0.29) is 6.42 Å². The highest BCUT2D eigenvalue weighted by molar-refractivity contribution is 5.66. The van der Waals surface area contributed by atoms with Gasteiger partial charge in [0.2, 0.25) is 0 Å². The average Bonchev–Trinajstić information content (AvgIpc) is 1.96. The van der Waals surface area contributed by atoms with Gasteiger partial charge in [0.15, 0.2) is 0 Å². The molecule has 0 radical (unpaired) electrons. The quantitative estimate of drug-likeness (QED) is 0.433. The molecule has 0 aromatic heterocycles. The van der Waals surface area contributed by atoms with E-state index in [2.05, 4.69) is 11.2 Å². The normalized spacial score (nSPS) is 9.00. The lowest BCUT2D eigenvalue weighted by Gasteiger charge is -1.98. The summed E-state index contributed by atoms with van der Waals surface area (Å²) < 4.78 is 0. The lowest BCUT2D eigenvalue weighted by atomic mass is 10.3. The first-order valence-corrected chi connectivity index (χ1v) is 3.63. The minimum atomic E-state index is -0.769. The summed E-state index contributed by atoms with van der Waals surface area (Å²) in [6, 6.07) is 0. The van der Waals surface area contributed by atoms with E-state index in [0.717, 1.165) is 19.4 Å². The molecule has 0 aliphatic carbocycles. The van der Waals surface area contributed by atoms with Crippen LogP contribution in [0.5, 0.6) is 0 Å². The number of rotatable bonds is 6. The lowest BCUT2D eigenvalue weighted by Crippen LogP contribution is -2.19. The van der Waals surface area contributed by atoms with Crippen LogP contribution in [0.2, 0.25) is 0 Å². The summed E-state index contributed by atoms with van der Waals surface area (Å²) in [7, 11) is 0. The monoisotopic (exact) mass is 155 g/mol. The number of carboxylic acids is 1. The van der Waals surface area contributed by atoms with Crippen molar-refractivity contribution in [3.8, 4) is 12.3 Å². The molecule has 0 heterocycles. The van der Waals surface area contributed by atoms with Crippen LogP contribution in [0.4, 0.5) is 0 Å². The van der Waals surface area contributed by atoms with Gasteiger partial charge in [-0.3, -0.25) is 4.79 Å². The van der Waals surface area contributed by atoms with Crippen molar-refractivity contribution in [3.63, 3.8) is 0 Å². The largest absolute Gasteiger partial charge is 0.481 e. The molecule has 2 N–H and O–H groups in total. The maximum Gasteiger partial charge on any atom is 0.304 e. The first-order chi connectivity index (χ1) is 5.27. The fourth-order valence-electron chi connectivity index (χ4n) is 0.636. The van der Waals surface area contributed by atoms with Gasteiger partial charge in [-0.15, -0.1) is 12.3 Å². The van der Waals surface area contributed by atoms with Gasteiger partial charge in [0.05, 0.1) is 6.42 Å². The molecule has 62 valence electrons. The van der Waals surface area contributed by atoms with Crippen LogP contribution >= 0.6 is 0 Å². The van der Waals surface area contributed by atoms with E-state index in [1.165, 1.54) is 0 Å². The zero-order valence-corrected chi connectivity index (χ0v) is 6.47. The van der Waals surface area contributed by atoms with E-state index < -0.39 is 5.97 Å². The van der Waals surface area contributed by atoms with Crippen molar-refractivity contribution >= 4 is 5.97 Å². The van der Waals surface area contributed by atoms with Gasteiger partial charge < -0.3 is 10.4 Å². The van der Waals surface area contributed by atoms with Crippen molar-refractivity contribution in [1.82, 2.24) is 5.32 Å². The number of unbranched alkanes of at least 4 members (excludes halogenated alkanes) is 1. The Morgan fingerprint density at radius 3 is 2.82 bits per heavy atom. The summed E-state index contributed by atoms with van der Waals surface area (Å²) in [5.41, 5.74) is 0. The van der Waals surface area contributed by atoms with Crippen LogP contribution in [0.3, 0.4) is 0 Å². The molecule has 0 atom stereocenters. The summed E-state index contributed by atoms with van der Waals surface area (Å²) in [4.78, 5) is 10.0. The number of terminal acetylenes is 1. The van der Waals surface area contributed by atoms with Gasteiger partial charge in [-0.25, -0.2) is 0 Å². The van der Waals surface area contributed by atoms with Crippen molar-refractivity contribution in [2.75, 3.05) is 13.1 Å². The van der Waals surface area contributed by atoms with Gasteiger partial charge in [0, 0.05) is 13.0 Å². The predicted molar refractivity (Wildman–Crippen MR) is 43.2 cm³/mol. The van der Waals surface area contributed by atoms with E-state index in [1.807, 2.05) is 0 Å². The van der Waals surface area contributed by atoms with E-state index in [0.29, 0.717) is 6.54 Å². The van der Waals surface area contributed by atoms with E-state index in [4.69, 9.17) is 11.5 Å². The molecule has 0 saturated carbocycles. The van der Waals surface area contributed by atoms with E-state index in [9.17, 15) is 4.79 Å². The highest BCUT2D eigenvalue weighted by atomic mass is 16.4. The standard InChI is InChI=1S/C8H13NO2/c1-2-3-4-6-9-7-5-8(10)11/h1,9H,3-7H2,(H,10,11). The van der Waals surface area contributed by atoms with Crippen molar-refractivity contribution in [3.05, 3.63) is 0 Å². The molecule has 0 bridgehead atoms. The smallest absolute Gasteiger partial charge is 0.304 e. The number of aliphatic carboxylic acids is 1. The maximum atomic E-state index is 10.0. The summed E-state index contributed by atoms with van der Waals surface area (Å²) in [5, 5.41) is 11.2. The maximum absolute atomic E-state index is 10.0. The molecule has 3 heteroatoms. The van der Waals surface area contributed by atoms with Gasteiger partial charge in [-0.2, -0.15) is 0 Å². The third kappa shape index (κ3) is 8.99. The Hall–Kier alpha value is -1.01. The van der Waals surface area contributed by atoms with Gasteiger partial charge >= 0.3 is 5.97 Å². The number of carbonyl (C=O) groups is 1. The molecule has 0 aliphatic heterocycles. The first-order valence-electron chi connectivity index (χ1n) is 3.63. The van der Waals surface area contributed by atoms with Crippen molar-refractivity contribution in [1.29, 1.82) is 0 Å². The van der Waals surface area contributed by atoms with Crippen molar-refractivity contribution < 1.29 is 9.90 Å². The Labute approximate surface area is 66.8 Å². The van der Waals surface area contributed by atoms with E-state index in [1.54, 1.807) is 0 Å². The van der Waals surface area contributed by atoms with Crippen LogP contribution in [0, 0.1) is 12.3 Å². The van der Waals surface area contributed by atoms with Crippen LogP contribution in [0.15, 0.2) is 0 Å². The minimum absolute atomic E-state index is 0.177. The molecule has 0 rings (SSSR count). The zero-order valence-electron chi connectivity index (χ0n) is 6.47. The van der Waals surface area contributed by atoms with Gasteiger partial charge in [-0.05, 0) is 13.0 Å². The SMILES string of the molecule is C#CCCCNCCC(=O)O. The number of carboxylic acid groups (broad SMARTS) is 1. The number of hydrogen-bond donors (Lipinski definition) is 2. The fraction of sp³-hybridized carbons (Fsp3) is 0.625. The molecule has 3 nitrogen and oxygen atoms in total. The van der Waals surface area contributed by atoms with Crippen LogP contribution in [-0.2, 0) is 4.79 Å². The molecular weight excluding hydrogens is 142 g/mol.